The molecule has 1 aliphatic carbocycles. The first kappa shape index (κ1) is 35.9. The third-order valence-electron chi connectivity index (χ3n) is 11.7. The summed E-state index contributed by atoms with van der Waals surface area (Å²) in [6.07, 6.45) is 9.89. The first-order valence-electron chi connectivity index (χ1n) is 20.5. The highest BCUT2D eigenvalue weighted by atomic mass is 15.1. The fraction of sp³-hybridized carbons (Fsp3) is 0.0345. The van der Waals surface area contributed by atoms with Gasteiger partial charge in [-0.3, -0.25) is 0 Å². The summed E-state index contributed by atoms with van der Waals surface area (Å²) in [6, 6.07) is 79.6. The Labute approximate surface area is 347 Å². The van der Waals surface area contributed by atoms with Crippen LogP contribution >= 0.6 is 0 Å². The van der Waals surface area contributed by atoms with Crippen LogP contribution in [0.25, 0.3) is 66.4 Å². The molecule has 1 nitrogen and oxygen atoms in total. The third-order valence-corrected chi connectivity index (χ3v) is 11.7. The number of anilines is 3. The van der Waals surface area contributed by atoms with Crippen molar-refractivity contribution >= 4 is 27.8 Å². The zero-order chi connectivity index (χ0) is 39.4. The molecule has 0 heterocycles. The summed E-state index contributed by atoms with van der Waals surface area (Å²) in [5.41, 5.74) is 16.7. The second kappa shape index (κ2) is 16.2. The van der Waals surface area contributed by atoms with Gasteiger partial charge in [0.1, 0.15) is 0 Å². The summed E-state index contributed by atoms with van der Waals surface area (Å²) >= 11 is 0. The standard InChI is InChI=1S/C58H43N/c1-4-13-42(14-5-1)44-23-25-46(26-24-44)47-31-35-52(36-32-47)59(53-37-33-50(34-38-53)56-22-12-20-49-19-10-11-21-55(49)56)54-39-40-57(48-17-8-3-9-18-48)58(41-54)51-29-27-45(28-30-51)43-15-6-2-7-16-43/h1-13,15-42H,14H2. The van der Waals surface area contributed by atoms with Crippen molar-refractivity contribution in [3.05, 3.63) is 248 Å². The van der Waals surface area contributed by atoms with Crippen LogP contribution in [-0.4, -0.2) is 0 Å². The van der Waals surface area contributed by atoms with Crippen LogP contribution in [0.15, 0.2) is 243 Å². The van der Waals surface area contributed by atoms with Crippen molar-refractivity contribution in [1.29, 1.82) is 0 Å². The van der Waals surface area contributed by atoms with Gasteiger partial charge in [0.25, 0.3) is 0 Å². The minimum atomic E-state index is 0.442. The lowest BCUT2D eigenvalue weighted by Crippen LogP contribution is -2.10. The van der Waals surface area contributed by atoms with Gasteiger partial charge < -0.3 is 4.90 Å². The van der Waals surface area contributed by atoms with Gasteiger partial charge in [-0.2, -0.15) is 0 Å². The maximum absolute atomic E-state index is 2.39. The van der Waals surface area contributed by atoms with Crippen LogP contribution in [0, 0.1) is 0 Å². The molecule has 1 unspecified atom stereocenters. The first-order chi connectivity index (χ1) is 29.2. The number of nitrogens with zero attached hydrogens (tertiary/aromatic N) is 1. The Morgan fingerprint density at radius 1 is 0.339 bits per heavy atom. The second-order valence-corrected chi connectivity index (χ2v) is 15.3. The summed E-state index contributed by atoms with van der Waals surface area (Å²) < 4.78 is 0. The van der Waals surface area contributed by atoms with Crippen LogP contribution in [-0.2, 0) is 0 Å². The van der Waals surface area contributed by atoms with E-state index in [1.165, 1.54) is 72.0 Å². The Morgan fingerprint density at radius 3 is 1.49 bits per heavy atom. The van der Waals surface area contributed by atoms with E-state index in [1.807, 2.05) is 0 Å². The molecule has 10 rings (SSSR count). The molecular formula is C58H43N. The topological polar surface area (TPSA) is 3.24 Å². The van der Waals surface area contributed by atoms with Crippen LogP contribution in [0.1, 0.15) is 17.9 Å². The Morgan fingerprint density at radius 2 is 0.831 bits per heavy atom. The summed E-state index contributed by atoms with van der Waals surface area (Å²) in [4.78, 5) is 2.39. The molecule has 0 N–H and O–H groups in total. The van der Waals surface area contributed by atoms with Crippen LogP contribution in [0.3, 0.4) is 0 Å². The highest BCUT2D eigenvalue weighted by molar-refractivity contribution is 5.97. The first-order valence-corrected chi connectivity index (χ1v) is 20.5. The van der Waals surface area contributed by atoms with E-state index in [9.17, 15) is 0 Å². The number of rotatable bonds is 9. The van der Waals surface area contributed by atoms with Crippen molar-refractivity contribution in [3.63, 3.8) is 0 Å². The maximum atomic E-state index is 2.39. The molecular weight excluding hydrogens is 711 g/mol. The van der Waals surface area contributed by atoms with Crippen molar-refractivity contribution in [2.45, 2.75) is 12.3 Å². The minimum absolute atomic E-state index is 0.442. The molecule has 59 heavy (non-hydrogen) atoms. The van der Waals surface area contributed by atoms with Crippen LogP contribution in [0.5, 0.6) is 0 Å². The van der Waals surface area contributed by atoms with Crippen molar-refractivity contribution in [2.75, 3.05) is 4.90 Å². The van der Waals surface area contributed by atoms with Crippen LogP contribution in [0.2, 0.25) is 0 Å². The van der Waals surface area contributed by atoms with E-state index in [0.29, 0.717) is 5.92 Å². The molecule has 0 radical (unpaired) electrons. The van der Waals surface area contributed by atoms with Gasteiger partial charge in [-0.1, -0.05) is 206 Å². The van der Waals surface area contributed by atoms with Gasteiger partial charge in [-0.05, 0) is 115 Å². The fourth-order valence-corrected chi connectivity index (χ4v) is 8.52. The Hall–Kier alpha value is -7.48. The Balaban J connectivity index is 1.07. The lowest BCUT2D eigenvalue weighted by molar-refractivity contribution is 0.854. The van der Waals surface area contributed by atoms with Gasteiger partial charge >= 0.3 is 0 Å². The smallest absolute Gasteiger partial charge is 0.0468 e. The molecule has 0 saturated heterocycles. The Bertz CT molecular complexity index is 2900. The molecule has 0 aliphatic heterocycles. The zero-order valence-corrected chi connectivity index (χ0v) is 32.8. The molecule has 0 fully saturated rings. The maximum Gasteiger partial charge on any atom is 0.0468 e. The van der Waals surface area contributed by atoms with E-state index >= 15 is 0 Å². The van der Waals surface area contributed by atoms with Crippen LogP contribution in [0.4, 0.5) is 17.1 Å². The molecule has 0 amide bonds. The van der Waals surface area contributed by atoms with Crippen molar-refractivity contribution in [3.8, 4) is 55.6 Å². The lowest BCUT2D eigenvalue weighted by atomic mass is 9.91. The lowest BCUT2D eigenvalue weighted by Gasteiger charge is -2.27. The van der Waals surface area contributed by atoms with Gasteiger partial charge in [-0.15, -0.1) is 0 Å². The summed E-state index contributed by atoms with van der Waals surface area (Å²) in [6.45, 7) is 0. The van der Waals surface area contributed by atoms with Crippen molar-refractivity contribution in [2.24, 2.45) is 0 Å². The molecule has 1 aliphatic rings. The molecule has 9 aromatic rings. The molecule has 9 aromatic carbocycles. The number of hydrogen-bond donors (Lipinski definition) is 0. The molecule has 280 valence electrons. The Kier molecular flexibility index (Phi) is 9.84. The highest BCUT2D eigenvalue weighted by Gasteiger charge is 2.18. The summed E-state index contributed by atoms with van der Waals surface area (Å²) in [5.74, 6) is 0.442. The highest BCUT2D eigenvalue weighted by Crippen LogP contribution is 2.42. The summed E-state index contributed by atoms with van der Waals surface area (Å²) in [7, 11) is 0. The number of allylic oxidation sites excluding steroid dienone is 4. The van der Waals surface area contributed by atoms with Gasteiger partial charge in [0.2, 0.25) is 0 Å². The molecule has 0 bridgehead atoms. The van der Waals surface area contributed by atoms with Gasteiger partial charge in [0.15, 0.2) is 0 Å². The number of fused-ring (bicyclic) bond motifs is 1. The normalized spacial score (nSPS) is 13.4. The third kappa shape index (κ3) is 7.43. The predicted molar refractivity (Wildman–Crippen MR) is 251 cm³/mol. The average molecular weight is 754 g/mol. The van der Waals surface area contributed by atoms with Crippen molar-refractivity contribution in [1.82, 2.24) is 0 Å². The van der Waals surface area contributed by atoms with Gasteiger partial charge in [0.05, 0.1) is 0 Å². The van der Waals surface area contributed by atoms with E-state index in [0.717, 1.165) is 23.5 Å². The van der Waals surface area contributed by atoms with E-state index < -0.39 is 0 Å². The summed E-state index contributed by atoms with van der Waals surface area (Å²) in [5, 5.41) is 2.51. The quantitative estimate of drug-likeness (QED) is 0.142. The number of hydrogen-bond acceptors (Lipinski definition) is 1. The number of benzene rings is 9. The molecule has 0 saturated carbocycles. The fourth-order valence-electron chi connectivity index (χ4n) is 8.52. The van der Waals surface area contributed by atoms with E-state index in [1.54, 1.807) is 0 Å². The van der Waals surface area contributed by atoms with E-state index in [2.05, 4.69) is 248 Å². The molecule has 1 heteroatoms. The SMILES string of the molecule is C1=CCC(c2ccc(-c3ccc(N(c4ccc(-c5cccc6ccccc56)cc4)c4ccc(-c5ccccc5)c(-c5ccc(-c6ccccc6)cc5)c4)cc3)cc2)C=C1. The molecule has 0 spiro atoms. The van der Waals surface area contributed by atoms with E-state index in [-0.39, 0.29) is 0 Å². The van der Waals surface area contributed by atoms with E-state index in [4.69, 9.17) is 0 Å². The average Bonchev–Trinajstić information content (AvgIpc) is 3.33. The molecule has 1 atom stereocenters. The van der Waals surface area contributed by atoms with Crippen molar-refractivity contribution < 1.29 is 0 Å². The monoisotopic (exact) mass is 753 g/mol. The largest absolute Gasteiger partial charge is 0.310 e. The predicted octanol–water partition coefficient (Wildman–Crippen LogP) is 16.2. The zero-order valence-electron chi connectivity index (χ0n) is 32.8. The molecule has 0 aromatic heterocycles. The van der Waals surface area contributed by atoms with Crippen LogP contribution < -0.4 is 4.90 Å². The second-order valence-electron chi connectivity index (χ2n) is 15.3. The van der Waals surface area contributed by atoms with Gasteiger partial charge in [-0.25, -0.2) is 0 Å². The minimum Gasteiger partial charge on any atom is -0.310 e. The van der Waals surface area contributed by atoms with Gasteiger partial charge in [0, 0.05) is 23.0 Å².